The first-order valence-electron chi connectivity index (χ1n) is 4.61. The van der Waals surface area contributed by atoms with Gasteiger partial charge in [0.2, 0.25) is 5.91 Å². The lowest BCUT2D eigenvalue weighted by atomic mass is 10.4. The predicted octanol–water partition coefficient (Wildman–Crippen LogP) is 0.635. The minimum absolute atomic E-state index is 0.0604. The van der Waals surface area contributed by atoms with Gasteiger partial charge in [0.25, 0.3) is 0 Å². The van der Waals surface area contributed by atoms with Gasteiger partial charge in [0, 0.05) is 31.4 Å². The van der Waals surface area contributed by atoms with Gasteiger partial charge in [0.1, 0.15) is 5.82 Å². The minimum Gasteiger partial charge on any atom is -0.311 e. The summed E-state index contributed by atoms with van der Waals surface area (Å²) in [4.78, 5) is 11.4. The topological polar surface area (TPSA) is 75.6 Å². The van der Waals surface area contributed by atoms with E-state index in [1.165, 1.54) is 0 Å². The molecule has 15 heavy (non-hydrogen) atoms. The van der Waals surface area contributed by atoms with Crippen LogP contribution in [0.1, 0.15) is 6.42 Å². The fraction of sp³-hybridized carbons (Fsp3) is 0.222. The van der Waals surface area contributed by atoms with Crippen molar-refractivity contribution >= 4 is 11.7 Å². The Bertz CT molecular complexity index is 406. The lowest BCUT2D eigenvalue weighted by Crippen LogP contribution is -2.14. The Morgan fingerprint density at radius 1 is 1.53 bits per heavy atom. The number of rotatable bonds is 4. The maximum Gasteiger partial charge on any atom is 0.227 e. The lowest BCUT2D eigenvalue weighted by molar-refractivity contribution is -0.116. The number of nitrogens with zero attached hydrogens (tertiary/aromatic N) is 3. The second-order valence-electron chi connectivity index (χ2n) is 3.04. The highest BCUT2D eigenvalue weighted by molar-refractivity contribution is 5.89. The number of anilines is 1. The fourth-order valence-corrected chi connectivity index (χ4v) is 1.19. The number of nitrogens with one attached hydrogen (secondary N) is 2. The van der Waals surface area contributed by atoms with Crippen LogP contribution in [0.5, 0.6) is 0 Å². The molecule has 0 saturated heterocycles. The zero-order chi connectivity index (χ0) is 10.5. The van der Waals surface area contributed by atoms with Crippen LogP contribution >= 0.6 is 0 Å². The standard InChI is InChI=1S/C9H11N5O/c15-9(12-8-2-5-10-13-8)3-7-14-6-1-4-11-14/h1-2,4-6H,3,7H2,(H2,10,12,13,15). The predicted molar refractivity (Wildman–Crippen MR) is 54.1 cm³/mol. The summed E-state index contributed by atoms with van der Waals surface area (Å²) in [6.07, 6.45) is 5.49. The van der Waals surface area contributed by atoms with Crippen molar-refractivity contribution in [2.24, 2.45) is 0 Å². The van der Waals surface area contributed by atoms with Gasteiger partial charge in [-0.3, -0.25) is 14.6 Å². The Hall–Kier alpha value is -2.11. The fourth-order valence-electron chi connectivity index (χ4n) is 1.19. The van der Waals surface area contributed by atoms with E-state index in [2.05, 4.69) is 20.6 Å². The molecule has 0 atom stereocenters. The molecular weight excluding hydrogens is 194 g/mol. The van der Waals surface area contributed by atoms with Crippen molar-refractivity contribution in [3.8, 4) is 0 Å². The molecule has 0 aliphatic heterocycles. The SMILES string of the molecule is O=C(CCn1cccn1)Nc1ccn[nH]1. The molecule has 0 unspecified atom stereocenters. The van der Waals surface area contributed by atoms with Crippen molar-refractivity contribution in [2.45, 2.75) is 13.0 Å². The summed E-state index contributed by atoms with van der Waals surface area (Å²) < 4.78 is 1.71. The van der Waals surface area contributed by atoms with Gasteiger partial charge in [0.05, 0.1) is 6.20 Å². The molecule has 2 rings (SSSR count). The third-order valence-corrected chi connectivity index (χ3v) is 1.90. The largest absolute Gasteiger partial charge is 0.311 e. The van der Waals surface area contributed by atoms with E-state index in [0.717, 1.165) is 0 Å². The summed E-state index contributed by atoms with van der Waals surface area (Å²) in [6.45, 7) is 0.576. The first-order valence-corrected chi connectivity index (χ1v) is 4.61. The maximum absolute atomic E-state index is 11.4. The first-order chi connectivity index (χ1) is 7.34. The zero-order valence-corrected chi connectivity index (χ0v) is 8.05. The van der Waals surface area contributed by atoms with Gasteiger partial charge in [-0.1, -0.05) is 0 Å². The van der Waals surface area contributed by atoms with E-state index in [1.807, 2.05) is 12.3 Å². The number of amides is 1. The number of carbonyl (C=O) groups is 1. The monoisotopic (exact) mass is 205 g/mol. The molecule has 0 fully saturated rings. The van der Waals surface area contributed by atoms with Crippen molar-refractivity contribution in [1.29, 1.82) is 0 Å². The van der Waals surface area contributed by atoms with Crippen LogP contribution in [-0.4, -0.2) is 25.9 Å². The van der Waals surface area contributed by atoms with Crippen LogP contribution in [0.25, 0.3) is 0 Å². The molecule has 0 aliphatic rings. The molecule has 0 saturated carbocycles. The van der Waals surface area contributed by atoms with E-state index in [4.69, 9.17) is 0 Å². The highest BCUT2D eigenvalue weighted by Gasteiger charge is 2.02. The van der Waals surface area contributed by atoms with Crippen LogP contribution in [0.4, 0.5) is 5.82 Å². The normalized spacial score (nSPS) is 10.1. The van der Waals surface area contributed by atoms with E-state index in [9.17, 15) is 4.79 Å². The molecule has 6 nitrogen and oxygen atoms in total. The second-order valence-corrected chi connectivity index (χ2v) is 3.04. The molecular formula is C9H11N5O. The molecule has 1 amide bonds. The van der Waals surface area contributed by atoms with Crippen molar-refractivity contribution in [1.82, 2.24) is 20.0 Å². The number of aromatic amines is 1. The van der Waals surface area contributed by atoms with Gasteiger partial charge in [-0.2, -0.15) is 10.2 Å². The third-order valence-electron chi connectivity index (χ3n) is 1.90. The summed E-state index contributed by atoms with van der Waals surface area (Å²) >= 11 is 0. The second kappa shape index (κ2) is 4.41. The Labute approximate surface area is 86.3 Å². The summed E-state index contributed by atoms with van der Waals surface area (Å²) in [5, 5.41) is 13.1. The number of aryl methyl sites for hydroxylation is 1. The summed E-state index contributed by atoms with van der Waals surface area (Å²) in [5.41, 5.74) is 0. The van der Waals surface area contributed by atoms with Gasteiger partial charge in [0.15, 0.2) is 0 Å². The van der Waals surface area contributed by atoms with Gasteiger partial charge < -0.3 is 5.32 Å². The molecule has 0 spiro atoms. The Morgan fingerprint density at radius 2 is 2.47 bits per heavy atom. The van der Waals surface area contributed by atoms with Crippen molar-refractivity contribution in [2.75, 3.05) is 5.32 Å². The maximum atomic E-state index is 11.4. The van der Waals surface area contributed by atoms with Crippen LogP contribution in [0.3, 0.4) is 0 Å². The first kappa shape index (κ1) is 9.45. The molecule has 2 heterocycles. The van der Waals surface area contributed by atoms with Crippen LogP contribution < -0.4 is 5.32 Å². The van der Waals surface area contributed by atoms with Crippen LogP contribution in [0.15, 0.2) is 30.7 Å². The van der Waals surface area contributed by atoms with Crippen LogP contribution in [0, 0.1) is 0 Å². The Kier molecular flexibility index (Phi) is 2.77. The number of H-pyrrole nitrogens is 1. The highest BCUT2D eigenvalue weighted by Crippen LogP contribution is 2.00. The minimum atomic E-state index is -0.0604. The number of carbonyl (C=O) groups excluding carboxylic acids is 1. The summed E-state index contributed by atoms with van der Waals surface area (Å²) in [6, 6.07) is 3.53. The van der Waals surface area contributed by atoms with E-state index >= 15 is 0 Å². The molecule has 2 N–H and O–H groups in total. The average molecular weight is 205 g/mol. The van der Waals surface area contributed by atoms with Gasteiger partial charge in [-0.25, -0.2) is 0 Å². The van der Waals surface area contributed by atoms with Gasteiger partial charge >= 0.3 is 0 Å². The summed E-state index contributed by atoms with van der Waals surface area (Å²) in [5.74, 6) is 0.551. The van der Waals surface area contributed by atoms with Gasteiger partial charge in [-0.15, -0.1) is 0 Å². The van der Waals surface area contributed by atoms with Crippen molar-refractivity contribution in [3.63, 3.8) is 0 Å². The molecule has 0 aromatic carbocycles. The molecule has 0 bridgehead atoms. The van der Waals surface area contributed by atoms with Crippen molar-refractivity contribution in [3.05, 3.63) is 30.7 Å². The third kappa shape index (κ3) is 2.67. The lowest BCUT2D eigenvalue weighted by Gasteiger charge is -2.02. The van der Waals surface area contributed by atoms with Crippen LogP contribution in [-0.2, 0) is 11.3 Å². The molecule has 2 aromatic rings. The van der Waals surface area contributed by atoms with E-state index in [0.29, 0.717) is 18.8 Å². The number of hydrogen-bond acceptors (Lipinski definition) is 3. The molecule has 0 radical (unpaired) electrons. The molecule has 78 valence electrons. The van der Waals surface area contributed by atoms with Crippen LogP contribution in [0.2, 0.25) is 0 Å². The molecule has 2 aromatic heterocycles. The Morgan fingerprint density at radius 3 is 3.13 bits per heavy atom. The Balaban J connectivity index is 1.78. The quantitative estimate of drug-likeness (QED) is 0.768. The van der Waals surface area contributed by atoms with E-state index in [-0.39, 0.29) is 5.91 Å². The van der Waals surface area contributed by atoms with Gasteiger partial charge in [-0.05, 0) is 6.07 Å². The van der Waals surface area contributed by atoms with E-state index < -0.39 is 0 Å². The summed E-state index contributed by atoms with van der Waals surface area (Å²) in [7, 11) is 0. The molecule has 0 aliphatic carbocycles. The molecule has 6 heteroatoms. The number of aromatic nitrogens is 4. The van der Waals surface area contributed by atoms with E-state index in [1.54, 1.807) is 23.1 Å². The number of hydrogen-bond donors (Lipinski definition) is 2. The zero-order valence-electron chi connectivity index (χ0n) is 8.05. The average Bonchev–Trinajstić information content (AvgIpc) is 2.86. The highest BCUT2D eigenvalue weighted by atomic mass is 16.1. The smallest absolute Gasteiger partial charge is 0.227 e. The van der Waals surface area contributed by atoms with Crippen molar-refractivity contribution < 1.29 is 4.79 Å².